The third-order valence-corrected chi connectivity index (χ3v) is 15.1. The number of carbonyl (C=O) groups excluding carboxylic acids is 1. The number of allylic oxidation sites excluding steroid dienone is 2. The number of ether oxygens (including phenoxy) is 1. The highest BCUT2D eigenvalue weighted by Crippen LogP contribution is 2.75. The van der Waals surface area contributed by atoms with Crippen LogP contribution in [0.1, 0.15) is 110 Å². The van der Waals surface area contributed by atoms with Gasteiger partial charge in [-0.2, -0.15) is 0 Å². The third-order valence-electron chi connectivity index (χ3n) is 14.6. The van der Waals surface area contributed by atoms with E-state index >= 15 is 0 Å². The summed E-state index contributed by atoms with van der Waals surface area (Å²) in [5, 5.41) is 10.9. The lowest BCUT2D eigenvalue weighted by Gasteiger charge is -2.70. The van der Waals surface area contributed by atoms with Crippen molar-refractivity contribution in [1.29, 1.82) is 0 Å². The van der Waals surface area contributed by atoms with E-state index in [1.807, 2.05) is 30.5 Å². The molecule has 5 aliphatic rings. The predicted molar refractivity (Wildman–Crippen MR) is 180 cm³/mol. The number of nitrogens with zero attached hydrogens (tertiary/aromatic N) is 2. The standard InChI is InChI=1S/C39H51BrN2O3/c1-34(2)15-17-39(33(44)45-23-25-7-9-26(40)10-8-25)18-16-37(5)27(28(39)21-34)11-12-31-35(3)22-29-32(42-20-19-41-29)36(4,24-43)30(35)13-14-38(31,37)6/h7-11,19-20,28,30-31,43H,12-18,21-24H2,1-6H3/t28-,30+,31+,35-,36-,37+,38+,39-/m0/s1. The molecule has 242 valence electrons. The number of fused-ring (bicyclic) bond motifs is 8. The molecule has 5 nitrogen and oxygen atoms in total. The second-order valence-electron chi connectivity index (χ2n) is 17.2. The van der Waals surface area contributed by atoms with E-state index in [0.717, 1.165) is 79.2 Å². The molecule has 0 amide bonds. The molecule has 0 aliphatic heterocycles. The smallest absolute Gasteiger partial charge is 0.313 e. The maximum atomic E-state index is 14.3. The first-order valence-electron chi connectivity index (χ1n) is 17.3. The monoisotopic (exact) mass is 674 g/mol. The van der Waals surface area contributed by atoms with E-state index in [1.54, 1.807) is 11.8 Å². The van der Waals surface area contributed by atoms with Crippen molar-refractivity contribution in [3.8, 4) is 0 Å². The van der Waals surface area contributed by atoms with Crippen molar-refractivity contribution in [1.82, 2.24) is 9.97 Å². The van der Waals surface area contributed by atoms with Gasteiger partial charge in [0.1, 0.15) is 6.61 Å². The van der Waals surface area contributed by atoms with Crippen LogP contribution < -0.4 is 0 Å². The summed E-state index contributed by atoms with van der Waals surface area (Å²) in [4.78, 5) is 24.0. The minimum Gasteiger partial charge on any atom is -0.460 e. The van der Waals surface area contributed by atoms with Crippen molar-refractivity contribution in [2.24, 2.45) is 44.8 Å². The number of aliphatic hydroxyl groups excluding tert-OH is 1. The first-order chi connectivity index (χ1) is 21.2. The number of aromatic nitrogens is 2. The minimum atomic E-state index is -0.449. The van der Waals surface area contributed by atoms with Gasteiger partial charge in [0.2, 0.25) is 0 Å². The summed E-state index contributed by atoms with van der Waals surface area (Å²) in [6.45, 7) is 15.1. The molecule has 1 aromatic carbocycles. The summed E-state index contributed by atoms with van der Waals surface area (Å²) in [6.07, 6.45) is 15.3. The van der Waals surface area contributed by atoms with Gasteiger partial charge in [-0.3, -0.25) is 14.8 Å². The Hall–Kier alpha value is -2.05. The SMILES string of the molecule is CC1(C)CC[C@]2(C(=O)OCc3ccc(Br)cc3)CC[C@]3(C)C(=CC[C@@H]4[C@@]5(C)Cc6nccnc6[C@@](C)(CO)[C@@H]5CC[C@]43C)[C@@H]2C1. The van der Waals surface area contributed by atoms with Crippen molar-refractivity contribution in [2.75, 3.05) is 6.61 Å². The van der Waals surface area contributed by atoms with E-state index in [-0.39, 0.29) is 40.2 Å². The van der Waals surface area contributed by atoms with Gasteiger partial charge in [0.25, 0.3) is 0 Å². The van der Waals surface area contributed by atoms with Gasteiger partial charge in [-0.1, -0.05) is 81.3 Å². The Bertz CT molecular complexity index is 1540. The molecule has 8 atom stereocenters. The average Bonchev–Trinajstić information content (AvgIpc) is 3.00. The van der Waals surface area contributed by atoms with Crippen molar-refractivity contribution in [3.05, 3.63) is 69.7 Å². The summed E-state index contributed by atoms with van der Waals surface area (Å²) in [5.41, 5.74) is 4.10. The fourth-order valence-electron chi connectivity index (χ4n) is 11.8. The van der Waals surface area contributed by atoms with Crippen LogP contribution >= 0.6 is 15.9 Å². The van der Waals surface area contributed by atoms with Crippen molar-refractivity contribution in [2.45, 2.75) is 111 Å². The highest BCUT2D eigenvalue weighted by molar-refractivity contribution is 9.10. The van der Waals surface area contributed by atoms with Gasteiger partial charge in [0.15, 0.2) is 0 Å². The maximum Gasteiger partial charge on any atom is 0.313 e. The Balaban J connectivity index is 1.26. The third kappa shape index (κ3) is 4.43. The summed E-state index contributed by atoms with van der Waals surface area (Å²) in [5.74, 6) is 1.03. The van der Waals surface area contributed by atoms with Crippen LogP contribution in [-0.4, -0.2) is 27.7 Å². The number of halogens is 1. The Labute approximate surface area is 278 Å². The molecule has 2 aromatic rings. The molecule has 0 spiro atoms. The van der Waals surface area contributed by atoms with Crippen LogP contribution in [0.15, 0.2) is 52.8 Å². The number of benzene rings is 1. The second-order valence-corrected chi connectivity index (χ2v) is 18.1. The Morgan fingerprint density at radius 3 is 2.40 bits per heavy atom. The largest absolute Gasteiger partial charge is 0.460 e. The normalized spacial score (nSPS) is 41.3. The molecule has 3 fully saturated rings. The van der Waals surface area contributed by atoms with Gasteiger partial charge >= 0.3 is 5.97 Å². The molecule has 0 unspecified atom stereocenters. The van der Waals surface area contributed by atoms with Crippen LogP contribution in [0.25, 0.3) is 0 Å². The van der Waals surface area contributed by atoms with Crippen LogP contribution in [0.5, 0.6) is 0 Å². The summed E-state index contributed by atoms with van der Waals surface area (Å²) in [6, 6.07) is 8.10. The topological polar surface area (TPSA) is 72.3 Å². The van der Waals surface area contributed by atoms with E-state index in [2.05, 4.69) is 63.5 Å². The van der Waals surface area contributed by atoms with Gasteiger partial charge in [0, 0.05) is 22.3 Å². The molecule has 1 aromatic heterocycles. The Kier molecular flexibility index (Phi) is 7.34. The van der Waals surface area contributed by atoms with Gasteiger partial charge in [-0.15, -0.1) is 0 Å². The van der Waals surface area contributed by atoms with E-state index in [0.29, 0.717) is 18.4 Å². The number of carbonyl (C=O) groups is 1. The second kappa shape index (κ2) is 10.5. The van der Waals surface area contributed by atoms with Gasteiger partial charge in [-0.25, -0.2) is 0 Å². The van der Waals surface area contributed by atoms with E-state index < -0.39 is 10.8 Å². The van der Waals surface area contributed by atoms with Gasteiger partial charge in [-0.05, 0) is 115 Å². The van der Waals surface area contributed by atoms with E-state index in [4.69, 9.17) is 14.7 Å². The van der Waals surface area contributed by atoms with Crippen LogP contribution in [0, 0.1) is 44.8 Å². The first kappa shape index (κ1) is 31.5. The highest BCUT2D eigenvalue weighted by Gasteiger charge is 2.69. The fraction of sp³-hybridized carbons (Fsp3) is 0.667. The quantitative estimate of drug-likeness (QED) is 0.259. The molecule has 45 heavy (non-hydrogen) atoms. The van der Waals surface area contributed by atoms with Crippen molar-refractivity contribution < 1.29 is 14.6 Å². The average molecular weight is 676 g/mol. The first-order valence-corrected chi connectivity index (χ1v) is 18.1. The Morgan fingerprint density at radius 1 is 0.956 bits per heavy atom. The van der Waals surface area contributed by atoms with Gasteiger partial charge in [0.05, 0.1) is 23.4 Å². The number of esters is 1. The summed E-state index contributed by atoms with van der Waals surface area (Å²) >= 11 is 3.52. The molecule has 6 heteroatoms. The molecule has 1 N–H and O–H groups in total. The molecule has 0 saturated heterocycles. The van der Waals surface area contributed by atoms with Crippen LogP contribution in [0.3, 0.4) is 0 Å². The van der Waals surface area contributed by atoms with Crippen molar-refractivity contribution in [3.63, 3.8) is 0 Å². The van der Waals surface area contributed by atoms with E-state index in [1.165, 1.54) is 0 Å². The highest BCUT2D eigenvalue weighted by atomic mass is 79.9. The molecular weight excluding hydrogens is 624 g/mol. The minimum absolute atomic E-state index is 0.00251. The molecule has 7 rings (SSSR count). The lowest BCUT2D eigenvalue weighted by molar-refractivity contribution is -0.184. The lowest BCUT2D eigenvalue weighted by Crippen LogP contribution is -2.65. The van der Waals surface area contributed by atoms with Crippen LogP contribution in [-0.2, 0) is 28.0 Å². The zero-order chi connectivity index (χ0) is 32.0. The zero-order valence-corrected chi connectivity index (χ0v) is 29.7. The van der Waals surface area contributed by atoms with Gasteiger partial charge < -0.3 is 9.84 Å². The predicted octanol–water partition coefficient (Wildman–Crippen LogP) is 8.77. The molecule has 3 saturated carbocycles. The number of hydrogen-bond acceptors (Lipinski definition) is 5. The van der Waals surface area contributed by atoms with Crippen molar-refractivity contribution >= 4 is 21.9 Å². The number of aliphatic hydroxyl groups is 1. The summed E-state index contributed by atoms with van der Waals surface area (Å²) < 4.78 is 7.25. The molecule has 5 aliphatic carbocycles. The van der Waals surface area contributed by atoms with Crippen LogP contribution in [0.4, 0.5) is 0 Å². The lowest BCUT2D eigenvalue weighted by atomic mass is 9.33. The molecular formula is C39H51BrN2O3. The van der Waals surface area contributed by atoms with Crippen LogP contribution in [0.2, 0.25) is 0 Å². The molecule has 0 bridgehead atoms. The Morgan fingerprint density at radius 2 is 1.67 bits per heavy atom. The van der Waals surface area contributed by atoms with E-state index in [9.17, 15) is 9.90 Å². The maximum absolute atomic E-state index is 14.3. The zero-order valence-electron chi connectivity index (χ0n) is 28.1. The molecule has 1 heterocycles. The summed E-state index contributed by atoms with van der Waals surface area (Å²) in [7, 11) is 0. The number of rotatable bonds is 4. The fourth-order valence-corrected chi connectivity index (χ4v) is 12.1. The number of hydrogen-bond donors (Lipinski definition) is 1. The molecule has 0 radical (unpaired) electrons.